The molecule has 0 aromatic heterocycles. The second-order valence-corrected chi connectivity index (χ2v) is 9.99. The van der Waals surface area contributed by atoms with E-state index in [9.17, 15) is 9.90 Å². The molecule has 0 amide bonds. The third-order valence-electron chi connectivity index (χ3n) is 6.69. The van der Waals surface area contributed by atoms with Gasteiger partial charge in [0.15, 0.2) is 0 Å². The minimum atomic E-state index is -0.123. The summed E-state index contributed by atoms with van der Waals surface area (Å²) in [6.07, 6.45) is 30.4. The van der Waals surface area contributed by atoms with Gasteiger partial charge in [0.2, 0.25) is 0 Å². The van der Waals surface area contributed by atoms with Gasteiger partial charge in [-0.25, -0.2) is 0 Å². The fourth-order valence-electron chi connectivity index (χ4n) is 4.47. The molecule has 186 valence electrons. The van der Waals surface area contributed by atoms with Gasteiger partial charge in [-0.05, 0) is 25.7 Å². The van der Waals surface area contributed by atoms with E-state index in [-0.39, 0.29) is 6.10 Å². The molecule has 0 aliphatic rings. The summed E-state index contributed by atoms with van der Waals surface area (Å²) in [6, 6.07) is 0. The van der Waals surface area contributed by atoms with E-state index in [1.165, 1.54) is 109 Å². The summed E-state index contributed by atoms with van der Waals surface area (Å²) in [6.45, 7) is 4.52. The summed E-state index contributed by atoms with van der Waals surface area (Å²) < 4.78 is 0. The van der Waals surface area contributed by atoms with Crippen LogP contribution in [-0.2, 0) is 4.79 Å². The van der Waals surface area contributed by atoms with Crippen molar-refractivity contribution in [1.29, 1.82) is 0 Å². The van der Waals surface area contributed by atoms with Gasteiger partial charge < -0.3 is 5.11 Å². The van der Waals surface area contributed by atoms with E-state index in [0.717, 1.165) is 51.4 Å². The number of ketones is 1. The van der Waals surface area contributed by atoms with E-state index in [2.05, 4.69) is 13.8 Å². The third kappa shape index (κ3) is 25.8. The van der Waals surface area contributed by atoms with Crippen molar-refractivity contribution in [1.82, 2.24) is 0 Å². The number of carbonyl (C=O) groups excluding carboxylic acids is 1. The number of hydrogen-bond acceptors (Lipinski definition) is 2. The van der Waals surface area contributed by atoms with Gasteiger partial charge >= 0.3 is 0 Å². The number of Topliss-reactive ketones (excluding diaryl/α,β-unsaturated/α-hetero) is 1. The van der Waals surface area contributed by atoms with Gasteiger partial charge in [0, 0.05) is 12.8 Å². The zero-order chi connectivity index (χ0) is 22.8. The number of carbonyl (C=O) groups is 1. The second-order valence-electron chi connectivity index (χ2n) is 9.99. The van der Waals surface area contributed by atoms with Crippen LogP contribution < -0.4 is 0 Å². The lowest BCUT2D eigenvalue weighted by Crippen LogP contribution is -2.06. The minimum absolute atomic E-state index is 0.123. The third-order valence-corrected chi connectivity index (χ3v) is 6.69. The van der Waals surface area contributed by atoms with E-state index in [1.54, 1.807) is 0 Å². The molecule has 0 rings (SSSR count). The standard InChI is InChI=1S/C29H58O2/c1-3-5-7-9-11-12-13-14-16-18-21-25-29(31)27-23-19-22-26-28(30)24-20-17-15-10-8-6-4-2/h29,31H,3-27H2,1-2H3. The molecule has 0 aromatic rings. The summed E-state index contributed by atoms with van der Waals surface area (Å²) in [4.78, 5) is 12.0. The van der Waals surface area contributed by atoms with E-state index in [4.69, 9.17) is 0 Å². The summed E-state index contributed by atoms with van der Waals surface area (Å²) >= 11 is 0. The first-order chi connectivity index (χ1) is 15.2. The predicted octanol–water partition coefficient (Wildman–Crippen LogP) is 9.71. The fraction of sp³-hybridized carbons (Fsp3) is 0.966. The van der Waals surface area contributed by atoms with Gasteiger partial charge in [0.1, 0.15) is 5.78 Å². The number of rotatable bonds is 26. The molecule has 0 aromatic carbocycles. The molecule has 1 atom stereocenters. The number of aliphatic hydroxyl groups excluding tert-OH is 1. The number of hydrogen-bond donors (Lipinski definition) is 1. The molecule has 0 aliphatic carbocycles. The van der Waals surface area contributed by atoms with Crippen LogP contribution in [0.3, 0.4) is 0 Å². The van der Waals surface area contributed by atoms with E-state index >= 15 is 0 Å². The molecule has 0 saturated heterocycles. The topological polar surface area (TPSA) is 37.3 Å². The molecule has 1 unspecified atom stereocenters. The van der Waals surface area contributed by atoms with Gasteiger partial charge in [-0.2, -0.15) is 0 Å². The lowest BCUT2D eigenvalue weighted by atomic mass is 10.0. The quantitative estimate of drug-likeness (QED) is 0.136. The van der Waals surface area contributed by atoms with Gasteiger partial charge in [0.05, 0.1) is 6.10 Å². The van der Waals surface area contributed by atoms with Crippen LogP contribution in [0.5, 0.6) is 0 Å². The van der Waals surface area contributed by atoms with Gasteiger partial charge in [0.25, 0.3) is 0 Å². The molecule has 0 spiro atoms. The van der Waals surface area contributed by atoms with Crippen LogP contribution in [-0.4, -0.2) is 17.0 Å². The monoisotopic (exact) mass is 438 g/mol. The lowest BCUT2D eigenvalue weighted by Gasteiger charge is -2.10. The Morgan fingerprint density at radius 3 is 1.16 bits per heavy atom. The second kappa shape index (κ2) is 25.9. The minimum Gasteiger partial charge on any atom is -0.393 e. The molecule has 0 saturated carbocycles. The van der Waals surface area contributed by atoms with Crippen molar-refractivity contribution < 1.29 is 9.90 Å². The average Bonchev–Trinajstić information content (AvgIpc) is 2.76. The van der Waals surface area contributed by atoms with Crippen molar-refractivity contribution in [3.05, 3.63) is 0 Å². The van der Waals surface area contributed by atoms with Crippen molar-refractivity contribution in [2.75, 3.05) is 0 Å². The molecule has 0 aliphatic heterocycles. The van der Waals surface area contributed by atoms with Crippen LogP contribution in [0.25, 0.3) is 0 Å². The molecular formula is C29H58O2. The van der Waals surface area contributed by atoms with E-state index in [1.807, 2.05) is 0 Å². The van der Waals surface area contributed by atoms with Crippen LogP contribution in [0.4, 0.5) is 0 Å². The highest BCUT2D eigenvalue weighted by molar-refractivity contribution is 5.78. The van der Waals surface area contributed by atoms with Crippen molar-refractivity contribution >= 4 is 5.78 Å². The normalized spacial score (nSPS) is 12.4. The highest BCUT2D eigenvalue weighted by Gasteiger charge is 2.05. The Morgan fingerprint density at radius 2 is 0.774 bits per heavy atom. The van der Waals surface area contributed by atoms with Gasteiger partial charge in [-0.3, -0.25) is 4.79 Å². The fourth-order valence-corrected chi connectivity index (χ4v) is 4.47. The molecule has 1 N–H and O–H groups in total. The van der Waals surface area contributed by atoms with Crippen LogP contribution >= 0.6 is 0 Å². The molecule has 31 heavy (non-hydrogen) atoms. The first kappa shape index (κ1) is 30.6. The Bertz CT molecular complexity index is 353. The average molecular weight is 439 g/mol. The molecular weight excluding hydrogens is 380 g/mol. The van der Waals surface area contributed by atoms with Gasteiger partial charge in [-0.15, -0.1) is 0 Å². The Morgan fingerprint density at radius 1 is 0.484 bits per heavy atom. The SMILES string of the molecule is CCCCCCCCCCCCCC(O)CCCCCC(=O)CCCCCCCCC. The summed E-state index contributed by atoms with van der Waals surface area (Å²) in [5, 5.41) is 10.2. The Labute approximate surface area is 196 Å². The lowest BCUT2D eigenvalue weighted by molar-refractivity contribution is -0.119. The smallest absolute Gasteiger partial charge is 0.132 e. The molecule has 2 heteroatoms. The van der Waals surface area contributed by atoms with E-state index in [0.29, 0.717) is 5.78 Å². The molecule has 0 heterocycles. The van der Waals surface area contributed by atoms with Crippen LogP contribution in [0.15, 0.2) is 0 Å². The number of aliphatic hydroxyl groups is 1. The van der Waals surface area contributed by atoms with Crippen molar-refractivity contribution in [3.63, 3.8) is 0 Å². The Hall–Kier alpha value is -0.370. The Kier molecular flexibility index (Phi) is 25.6. The molecule has 0 fully saturated rings. The zero-order valence-corrected chi connectivity index (χ0v) is 21.6. The highest BCUT2D eigenvalue weighted by Crippen LogP contribution is 2.15. The number of unbranched alkanes of at least 4 members (excludes halogenated alkanes) is 18. The maximum absolute atomic E-state index is 12.0. The first-order valence-corrected chi connectivity index (χ1v) is 14.4. The summed E-state index contributed by atoms with van der Waals surface area (Å²) in [7, 11) is 0. The molecule has 0 radical (unpaired) electrons. The first-order valence-electron chi connectivity index (χ1n) is 14.4. The van der Waals surface area contributed by atoms with Crippen molar-refractivity contribution in [2.45, 2.75) is 180 Å². The van der Waals surface area contributed by atoms with Crippen molar-refractivity contribution in [2.24, 2.45) is 0 Å². The molecule has 0 bridgehead atoms. The zero-order valence-electron chi connectivity index (χ0n) is 21.6. The van der Waals surface area contributed by atoms with E-state index < -0.39 is 0 Å². The van der Waals surface area contributed by atoms with Crippen LogP contribution in [0, 0.1) is 0 Å². The predicted molar refractivity (Wildman–Crippen MR) is 138 cm³/mol. The van der Waals surface area contributed by atoms with Crippen LogP contribution in [0.1, 0.15) is 174 Å². The van der Waals surface area contributed by atoms with Crippen molar-refractivity contribution in [3.8, 4) is 0 Å². The maximum atomic E-state index is 12.0. The summed E-state index contributed by atoms with van der Waals surface area (Å²) in [5.41, 5.74) is 0. The molecule has 2 nitrogen and oxygen atoms in total. The Balaban J connectivity index is 3.26. The van der Waals surface area contributed by atoms with Gasteiger partial charge in [-0.1, -0.05) is 136 Å². The highest BCUT2D eigenvalue weighted by atomic mass is 16.3. The maximum Gasteiger partial charge on any atom is 0.132 e. The summed E-state index contributed by atoms with van der Waals surface area (Å²) in [5.74, 6) is 0.454. The largest absolute Gasteiger partial charge is 0.393 e. The van der Waals surface area contributed by atoms with Crippen LogP contribution in [0.2, 0.25) is 0 Å².